The molecule has 0 N–H and O–H groups in total. The van der Waals surface area contributed by atoms with Crippen LogP contribution in [0.2, 0.25) is 0 Å². The van der Waals surface area contributed by atoms with Crippen molar-refractivity contribution in [2.45, 2.75) is 6.92 Å². The zero-order chi connectivity index (χ0) is 8.43. The first-order chi connectivity index (χ1) is 5.16. The summed E-state index contributed by atoms with van der Waals surface area (Å²) in [6.45, 7) is 2.05. The quantitative estimate of drug-likeness (QED) is 0.719. The first-order valence-electron chi connectivity index (χ1n) is 3.15. The lowest BCUT2D eigenvalue weighted by molar-refractivity contribution is 0.408. The summed E-state index contributed by atoms with van der Waals surface area (Å²) < 4.78 is 7.44. The highest BCUT2D eigenvalue weighted by atomic mass is 127. The van der Waals surface area contributed by atoms with E-state index in [4.69, 9.17) is 4.74 Å². The fraction of sp³-hybridized carbons (Fsp3) is 0.250. The second kappa shape index (κ2) is 3.76. The number of benzene rings is 1. The number of rotatable bonds is 1. The smallest absolute Gasteiger partial charge is 0.136 e. The Morgan fingerprint density at radius 2 is 2.09 bits per heavy atom. The van der Waals surface area contributed by atoms with Gasteiger partial charge in [0.05, 0.1) is 11.6 Å². The Bertz CT molecular complexity index is 273. The molecule has 1 rings (SSSR count). The fourth-order valence-electron chi connectivity index (χ4n) is 0.885. The topological polar surface area (TPSA) is 9.23 Å². The molecule has 0 bridgehead atoms. The van der Waals surface area contributed by atoms with Crippen LogP contribution in [0.25, 0.3) is 0 Å². The maximum atomic E-state index is 5.20. The van der Waals surface area contributed by atoms with E-state index in [2.05, 4.69) is 44.6 Å². The molecule has 0 atom stereocenters. The Labute approximate surface area is 88.4 Å². The molecule has 0 aliphatic carbocycles. The van der Waals surface area contributed by atoms with Crippen LogP contribution in [0.4, 0.5) is 0 Å². The van der Waals surface area contributed by atoms with Gasteiger partial charge in [-0.15, -0.1) is 0 Å². The number of hydrogen-bond acceptors (Lipinski definition) is 1. The minimum absolute atomic E-state index is 0.928. The minimum atomic E-state index is 0.928. The maximum absolute atomic E-state index is 5.20. The molecule has 0 spiro atoms. The van der Waals surface area contributed by atoms with Crippen LogP contribution in [0, 0.1) is 10.5 Å². The van der Waals surface area contributed by atoms with Gasteiger partial charge >= 0.3 is 0 Å². The van der Waals surface area contributed by atoms with Crippen molar-refractivity contribution in [1.29, 1.82) is 0 Å². The Morgan fingerprint density at radius 1 is 1.45 bits per heavy atom. The van der Waals surface area contributed by atoms with Crippen LogP contribution in [0.3, 0.4) is 0 Å². The Balaban J connectivity index is 3.29. The van der Waals surface area contributed by atoms with Gasteiger partial charge in [0.25, 0.3) is 0 Å². The second-order valence-electron chi connectivity index (χ2n) is 2.19. The molecular weight excluding hydrogens is 319 g/mol. The van der Waals surface area contributed by atoms with Crippen molar-refractivity contribution in [2.24, 2.45) is 0 Å². The number of methoxy groups -OCH3 is 1. The van der Waals surface area contributed by atoms with Crippen LogP contribution in [0.5, 0.6) is 5.75 Å². The van der Waals surface area contributed by atoms with E-state index < -0.39 is 0 Å². The zero-order valence-electron chi connectivity index (χ0n) is 6.32. The van der Waals surface area contributed by atoms with Crippen molar-refractivity contribution in [3.05, 3.63) is 25.7 Å². The van der Waals surface area contributed by atoms with Gasteiger partial charge in [-0.2, -0.15) is 0 Å². The molecule has 1 aromatic carbocycles. The Hall–Kier alpha value is 0.230. The molecule has 0 fully saturated rings. The van der Waals surface area contributed by atoms with E-state index in [1.54, 1.807) is 7.11 Å². The summed E-state index contributed by atoms with van der Waals surface area (Å²) in [6.07, 6.45) is 0. The van der Waals surface area contributed by atoms with E-state index in [1.165, 1.54) is 9.13 Å². The number of hydrogen-bond donors (Lipinski definition) is 0. The molecule has 3 heteroatoms. The third-order valence-corrected chi connectivity index (χ3v) is 3.29. The summed E-state index contributed by atoms with van der Waals surface area (Å²) in [5.41, 5.74) is 1.18. The molecule has 0 aromatic heterocycles. The van der Waals surface area contributed by atoms with E-state index >= 15 is 0 Å². The molecule has 0 aliphatic heterocycles. The van der Waals surface area contributed by atoms with E-state index in [1.807, 2.05) is 13.0 Å². The molecule has 0 amide bonds. The average Bonchev–Trinajstić information content (AvgIpc) is 1.99. The van der Waals surface area contributed by atoms with Crippen molar-refractivity contribution >= 4 is 38.5 Å². The van der Waals surface area contributed by atoms with Crippen molar-refractivity contribution in [2.75, 3.05) is 7.11 Å². The summed E-state index contributed by atoms with van der Waals surface area (Å²) in [5.74, 6) is 0.928. The SMILES string of the molecule is COc1c(Br)ccc(I)c1C. The highest BCUT2D eigenvalue weighted by Crippen LogP contribution is 2.31. The van der Waals surface area contributed by atoms with Gasteiger partial charge in [-0.05, 0) is 57.6 Å². The minimum Gasteiger partial charge on any atom is -0.495 e. The Kier molecular flexibility index (Phi) is 3.18. The summed E-state index contributed by atoms with van der Waals surface area (Å²) in [6, 6.07) is 4.05. The highest BCUT2D eigenvalue weighted by Gasteiger charge is 2.05. The van der Waals surface area contributed by atoms with Crippen LogP contribution >= 0.6 is 38.5 Å². The van der Waals surface area contributed by atoms with Gasteiger partial charge in [-0.25, -0.2) is 0 Å². The van der Waals surface area contributed by atoms with Crippen molar-refractivity contribution in [3.63, 3.8) is 0 Å². The largest absolute Gasteiger partial charge is 0.495 e. The molecule has 1 aromatic rings. The normalized spacial score (nSPS) is 9.82. The maximum Gasteiger partial charge on any atom is 0.136 e. The lowest BCUT2D eigenvalue weighted by Gasteiger charge is -2.07. The summed E-state index contributed by atoms with van der Waals surface area (Å²) in [7, 11) is 1.68. The molecule has 0 aliphatic rings. The predicted molar refractivity (Wildman–Crippen MR) is 58.1 cm³/mol. The molecule has 1 nitrogen and oxygen atoms in total. The van der Waals surface area contributed by atoms with Crippen LogP contribution in [0.15, 0.2) is 16.6 Å². The summed E-state index contributed by atoms with van der Waals surface area (Å²) in [5, 5.41) is 0. The van der Waals surface area contributed by atoms with Gasteiger partial charge in [0.1, 0.15) is 5.75 Å². The summed E-state index contributed by atoms with van der Waals surface area (Å²) >= 11 is 5.70. The van der Waals surface area contributed by atoms with Gasteiger partial charge < -0.3 is 4.74 Å². The van der Waals surface area contributed by atoms with Crippen molar-refractivity contribution < 1.29 is 4.74 Å². The van der Waals surface area contributed by atoms with E-state index in [-0.39, 0.29) is 0 Å². The van der Waals surface area contributed by atoms with Gasteiger partial charge in [-0.1, -0.05) is 0 Å². The first kappa shape index (κ1) is 9.32. The standard InChI is InChI=1S/C8H8BrIO/c1-5-7(10)4-3-6(9)8(5)11-2/h3-4H,1-2H3. The zero-order valence-corrected chi connectivity index (χ0v) is 10.1. The summed E-state index contributed by atoms with van der Waals surface area (Å²) in [4.78, 5) is 0. The highest BCUT2D eigenvalue weighted by molar-refractivity contribution is 14.1. The third kappa shape index (κ3) is 1.87. The molecule has 0 heterocycles. The average molecular weight is 327 g/mol. The Morgan fingerprint density at radius 3 is 2.55 bits per heavy atom. The molecule has 0 unspecified atom stereocenters. The van der Waals surface area contributed by atoms with Crippen LogP contribution in [-0.4, -0.2) is 7.11 Å². The van der Waals surface area contributed by atoms with Gasteiger partial charge in [0.15, 0.2) is 0 Å². The second-order valence-corrected chi connectivity index (χ2v) is 4.20. The predicted octanol–water partition coefficient (Wildman–Crippen LogP) is 3.37. The third-order valence-electron chi connectivity index (χ3n) is 1.50. The molecular formula is C8H8BrIO. The fourth-order valence-corrected chi connectivity index (χ4v) is 1.90. The number of ether oxygens (including phenoxy) is 1. The van der Waals surface area contributed by atoms with E-state index in [9.17, 15) is 0 Å². The van der Waals surface area contributed by atoms with Crippen LogP contribution < -0.4 is 4.74 Å². The van der Waals surface area contributed by atoms with Crippen molar-refractivity contribution in [3.8, 4) is 5.75 Å². The van der Waals surface area contributed by atoms with Gasteiger partial charge in [0.2, 0.25) is 0 Å². The van der Waals surface area contributed by atoms with E-state index in [0.29, 0.717) is 0 Å². The monoisotopic (exact) mass is 326 g/mol. The molecule has 11 heavy (non-hydrogen) atoms. The van der Waals surface area contributed by atoms with E-state index in [0.717, 1.165) is 10.2 Å². The lowest BCUT2D eigenvalue weighted by atomic mass is 10.2. The van der Waals surface area contributed by atoms with Crippen molar-refractivity contribution in [1.82, 2.24) is 0 Å². The van der Waals surface area contributed by atoms with Crippen LogP contribution in [0.1, 0.15) is 5.56 Å². The number of halogens is 2. The van der Waals surface area contributed by atoms with Gasteiger partial charge in [-0.3, -0.25) is 0 Å². The van der Waals surface area contributed by atoms with Crippen LogP contribution in [-0.2, 0) is 0 Å². The molecule has 0 saturated heterocycles. The molecule has 0 saturated carbocycles. The lowest BCUT2D eigenvalue weighted by Crippen LogP contribution is -1.90. The van der Waals surface area contributed by atoms with Gasteiger partial charge in [0, 0.05) is 9.13 Å². The molecule has 0 radical (unpaired) electrons. The first-order valence-corrected chi connectivity index (χ1v) is 5.02. The molecule has 60 valence electrons.